The third kappa shape index (κ3) is 3.61. The lowest BCUT2D eigenvalue weighted by Gasteiger charge is -2.12. The van der Waals surface area contributed by atoms with Gasteiger partial charge in [0.05, 0.1) is 18.2 Å². The third-order valence-electron chi connectivity index (χ3n) is 5.88. The van der Waals surface area contributed by atoms with Crippen molar-refractivity contribution in [2.24, 2.45) is 0 Å². The molecular formula is C25H24N2O3S. The summed E-state index contributed by atoms with van der Waals surface area (Å²) in [6, 6.07) is 12.1. The number of fused-ring (bicyclic) bond motifs is 4. The summed E-state index contributed by atoms with van der Waals surface area (Å²) in [5.74, 6) is -0.239. The topological polar surface area (TPSA) is 71.3 Å². The van der Waals surface area contributed by atoms with Gasteiger partial charge in [0.25, 0.3) is 5.91 Å². The van der Waals surface area contributed by atoms with Crippen molar-refractivity contribution in [3.05, 3.63) is 64.2 Å². The quantitative estimate of drug-likeness (QED) is 0.440. The first kappa shape index (κ1) is 19.8. The second-order valence-corrected chi connectivity index (χ2v) is 9.03. The standard InChI is InChI=1S/C25H24N2O3S/c1-2-26-24(29)23-18-9-5-6-10-20(18)31-25(23)27-21(28)13-16-14-30-19-12-11-15-7-3-4-8-17(15)22(16)19/h3-4,7-8,11-12,14H,2,5-6,9-10,13H2,1H3,(H,26,29)(H,27,28). The summed E-state index contributed by atoms with van der Waals surface area (Å²) in [6.07, 6.45) is 5.94. The molecule has 2 N–H and O–H groups in total. The molecule has 6 heteroatoms. The highest BCUT2D eigenvalue weighted by Gasteiger charge is 2.26. The van der Waals surface area contributed by atoms with Gasteiger partial charge in [-0.05, 0) is 55.0 Å². The molecule has 31 heavy (non-hydrogen) atoms. The number of anilines is 1. The van der Waals surface area contributed by atoms with Gasteiger partial charge in [-0.1, -0.05) is 30.3 Å². The van der Waals surface area contributed by atoms with Crippen molar-refractivity contribution in [1.29, 1.82) is 0 Å². The van der Waals surface area contributed by atoms with Crippen LogP contribution in [0.3, 0.4) is 0 Å². The maximum absolute atomic E-state index is 13.0. The van der Waals surface area contributed by atoms with Gasteiger partial charge in [-0.3, -0.25) is 9.59 Å². The molecule has 1 aliphatic rings. The van der Waals surface area contributed by atoms with E-state index in [9.17, 15) is 9.59 Å². The van der Waals surface area contributed by atoms with Crippen molar-refractivity contribution < 1.29 is 14.0 Å². The summed E-state index contributed by atoms with van der Waals surface area (Å²) >= 11 is 1.55. The molecule has 0 unspecified atom stereocenters. The van der Waals surface area contributed by atoms with Crippen molar-refractivity contribution in [1.82, 2.24) is 5.32 Å². The van der Waals surface area contributed by atoms with E-state index in [2.05, 4.69) is 22.8 Å². The van der Waals surface area contributed by atoms with E-state index in [0.29, 0.717) is 17.1 Å². The molecule has 4 aromatic rings. The fraction of sp³-hybridized carbons (Fsp3) is 0.280. The molecule has 0 atom stereocenters. The number of benzene rings is 2. The molecule has 0 spiro atoms. The second-order valence-electron chi connectivity index (χ2n) is 7.92. The zero-order valence-corrected chi connectivity index (χ0v) is 18.2. The van der Waals surface area contributed by atoms with E-state index >= 15 is 0 Å². The van der Waals surface area contributed by atoms with Gasteiger partial charge >= 0.3 is 0 Å². The van der Waals surface area contributed by atoms with E-state index in [1.54, 1.807) is 17.6 Å². The Hall–Kier alpha value is -3.12. The van der Waals surface area contributed by atoms with Crippen LogP contribution in [-0.4, -0.2) is 18.4 Å². The molecule has 0 saturated heterocycles. The highest BCUT2D eigenvalue weighted by molar-refractivity contribution is 7.17. The van der Waals surface area contributed by atoms with Gasteiger partial charge in [-0.25, -0.2) is 0 Å². The van der Waals surface area contributed by atoms with Crippen molar-refractivity contribution >= 4 is 49.9 Å². The predicted octanol–water partition coefficient (Wildman–Crippen LogP) is 5.46. The van der Waals surface area contributed by atoms with E-state index in [1.807, 2.05) is 31.2 Å². The SMILES string of the molecule is CCNC(=O)c1c(NC(=O)Cc2coc3ccc4ccccc4c23)sc2c1CCCC2. The molecule has 1 aliphatic carbocycles. The van der Waals surface area contributed by atoms with E-state index in [1.165, 1.54) is 4.88 Å². The fourth-order valence-electron chi connectivity index (χ4n) is 4.49. The Morgan fingerprint density at radius 1 is 1.10 bits per heavy atom. The summed E-state index contributed by atoms with van der Waals surface area (Å²) in [7, 11) is 0. The first-order chi connectivity index (χ1) is 15.2. The number of rotatable bonds is 5. The van der Waals surface area contributed by atoms with Crippen LogP contribution in [0.5, 0.6) is 0 Å². The minimum Gasteiger partial charge on any atom is -0.464 e. The van der Waals surface area contributed by atoms with Crippen LogP contribution in [0.2, 0.25) is 0 Å². The molecule has 5 nitrogen and oxygen atoms in total. The minimum atomic E-state index is -0.139. The maximum atomic E-state index is 13.0. The van der Waals surface area contributed by atoms with Crippen LogP contribution in [-0.2, 0) is 24.1 Å². The maximum Gasteiger partial charge on any atom is 0.254 e. The number of thiophene rings is 1. The predicted molar refractivity (Wildman–Crippen MR) is 125 cm³/mol. The van der Waals surface area contributed by atoms with Gasteiger partial charge in [0, 0.05) is 22.4 Å². The number of furan rings is 1. The summed E-state index contributed by atoms with van der Waals surface area (Å²) in [5, 5.41) is 9.77. The van der Waals surface area contributed by atoms with E-state index < -0.39 is 0 Å². The van der Waals surface area contributed by atoms with Crippen molar-refractivity contribution in [3.63, 3.8) is 0 Å². The first-order valence-corrected chi connectivity index (χ1v) is 11.6. The van der Waals surface area contributed by atoms with Crippen LogP contribution >= 0.6 is 11.3 Å². The molecule has 0 radical (unpaired) electrons. The number of carbonyl (C=O) groups excluding carboxylic acids is 2. The molecule has 2 aromatic carbocycles. The Morgan fingerprint density at radius 2 is 1.94 bits per heavy atom. The monoisotopic (exact) mass is 432 g/mol. The first-order valence-electron chi connectivity index (χ1n) is 10.8. The number of hydrogen-bond donors (Lipinski definition) is 2. The molecule has 158 valence electrons. The number of amides is 2. The molecule has 2 heterocycles. The second kappa shape index (κ2) is 8.19. The van der Waals surface area contributed by atoms with Gasteiger partial charge in [0.1, 0.15) is 10.6 Å². The zero-order chi connectivity index (χ0) is 21.4. The van der Waals surface area contributed by atoms with Gasteiger partial charge in [-0.15, -0.1) is 11.3 Å². The van der Waals surface area contributed by atoms with Gasteiger partial charge in [0.2, 0.25) is 5.91 Å². The lowest BCUT2D eigenvalue weighted by molar-refractivity contribution is -0.115. The van der Waals surface area contributed by atoms with E-state index in [4.69, 9.17) is 4.42 Å². The van der Waals surface area contributed by atoms with E-state index in [-0.39, 0.29) is 18.2 Å². The summed E-state index contributed by atoms with van der Waals surface area (Å²) < 4.78 is 5.73. The summed E-state index contributed by atoms with van der Waals surface area (Å²) in [5.41, 5.74) is 3.39. The number of carbonyl (C=O) groups is 2. The highest BCUT2D eigenvalue weighted by atomic mass is 32.1. The summed E-state index contributed by atoms with van der Waals surface area (Å²) in [6.45, 7) is 2.47. The van der Waals surface area contributed by atoms with Crippen LogP contribution in [0.4, 0.5) is 5.00 Å². The molecule has 0 saturated carbocycles. The fourth-order valence-corrected chi connectivity index (χ4v) is 5.79. The lowest BCUT2D eigenvalue weighted by atomic mass is 9.95. The van der Waals surface area contributed by atoms with E-state index in [0.717, 1.165) is 58.6 Å². The molecule has 2 aromatic heterocycles. The van der Waals surface area contributed by atoms with Crippen molar-refractivity contribution in [2.75, 3.05) is 11.9 Å². The zero-order valence-electron chi connectivity index (χ0n) is 17.4. The van der Waals surface area contributed by atoms with Crippen LogP contribution in [0.15, 0.2) is 47.1 Å². The largest absolute Gasteiger partial charge is 0.464 e. The van der Waals surface area contributed by atoms with Crippen LogP contribution in [0.1, 0.15) is 46.1 Å². The number of aryl methyl sites for hydroxylation is 1. The number of nitrogens with one attached hydrogen (secondary N) is 2. The molecule has 0 aliphatic heterocycles. The van der Waals surface area contributed by atoms with Crippen LogP contribution in [0.25, 0.3) is 21.7 Å². The average molecular weight is 433 g/mol. The molecule has 0 fully saturated rings. The molecule has 0 bridgehead atoms. The van der Waals surface area contributed by atoms with Gasteiger partial charge < -0.3 is 15.1 Å². The van der Waals surface area contributed by atoms with Crippen molar-refractivity contribution in [3.8, 4) is 0 Å². The Labute approximate surface area is 184 Å². The molecular weight excluding hydrogens is 408 g/mol. The Balaban J connectivity index is 1.46. The van der Waals surface area contributed by atoms with Crippen LogP contribution < -0.4 is 10.6 Å². The van der Waals surface area contributed by atoms with Crippen molar-refractivity contribution in [2.45, 2.75) is 39.0 Å². The van der Waals surface area contributed by atoms with Gasteiger partial charge in [0.15, 0.2) is 0 Å². The Bertz CT molecular complexity index is 1300. The van der Waals surface area contributed by atoms with Gasteiger partial charge in [-0.2, -0.15) is 0 Å². The van der Waals surface area contributed by atoms with Crippen LogP contribution in [0, 0.1) is 0 Å². The Kier molecular flexibility index (Phi) is 5.24. The normalized spacial score (nSPS) is 13.3. The number of hydrogen-bond acceptors (Lipinski definition) is 4. The minimum absolute atomic E-state index is 0.100. The smallest absolute Gasteiger partial charge is 0.254 e. The third-order valence-corrected chi connectivity index (χ3v) is 7.09. The highest BCUT2D eigenvalue weighted by Crippen LogP contribution is 2.38. The molecule has 5 rings (SSSR count). The average Bonchev–Trinajstić information content (AvgIpc) is 3.35. The molecule has 2 amide bonds. The lowest BCUT2D eigenvalue weighted by Crippen LogP contribution is -2.25. The summed E-state index contributed by atoms with van der Waals surface area (Å²) in [4.78, 5) is 27.0. The Morgan fingerprint density at radius 3 is 2.81 bits per heavy atom.